The minimum Gasteiger partial charge on any atom is -0.508 e. The lowest BCUT2D eigenvalue weighted by atomic mass is 10.0. The zero-order valence-corrected chi connectivity index (χ0v) is 23.0. The molecule has 3 aromatic rings. The fraction of sp³-hybridized carbons (Fsp3) is 0.400. The van der Waals surface area contributed by atoms with Crippen LogP contribution in [0.4, 0.5) is 0 Å². The highest BCUT2D eigenvalue weighted by Gasteiger charge is 2.15. The summed E-state index contributed by atoms with van der Waals surface area (Å²) < 4.78 is 0. The van der Waals surface area contributed by atoms with Crippen LogP contribution in [0, 0.1) is 0 Å². The molecule has 0 amide bonds. The summed E-state index contributed by atoms with van der Waals surface area (Å²) in [6, 6.07) is 16.0. The van der Waals surface area contributed by atoms with Crippen molar-refractivity contribution < 1.29 is 35.7 Å². The number of hydrogen-bond donors (Lipinski definition) is 9. The van der Waals surface area contributed by atoms with Crippen molar-refractivity contribution in [2.24, 2.45) is 0 Å². The lowest BCUT2D eigenvalue weighted by Gasteiger charge is -2.23. The second-order valence-electron chi connectivity index (χ2n) is 10.7. The Morgan fingerprint density at radius 3 is 1.87 bits per heavy atom. The van der Waals surface area contributed by atoms with Gasteiger partial charge in [0.05, 0.1) is 18.8 Å². The van der Waals surface area contributed by atoms with E-state index in [1.54, 1.807) is 24.3 Å². The van der Waals surface area contributed by atoms with Gasteiger partial charge in [-0.25, -0.2) is 0 Å². The minimum absolute atomic E-state index is 0.0484. The van der Waals surface area contributed by atoms with Crippen LogP contribution in [0.2, 0.25) is 0 Å². The Bertz CT molecular complexity index is 1140. The molecule has 9 N–H and O–H groups in total. The molecule has 0 aliphatic carbocycles. The third-order valence-electron chi connectivity index (χ3n) is 5.93. The molecule has 39 heavy (non-hydrogen) atoms. The largest absolute Gasteiger partial charge is 0.508 e. The third kappa shape index (κ3) is 11.5. The monoisotopic (exact) mass is 542 g/mol. The van der Waals surface area contributed by atoms with Crippen LogP contribution in [0.3, 0.4) is 0 Å². The highest BCUT2D eigenvalue weighted by Crippen LogP contribution is 2.25. The Labute approximate surface area is 230 Å². The summed E-state index contributed by atoms with van der Waals surface area (Å²) in [4.78, 5) is 0. The molecule has 0 saturated carbocycles. The van der Waals surface area contributed by atoms with Crippen molar-refractivity contribution >= 4 is 0 Å². The zero-order valence-electron chi connectivity index (χ0n) is 23.0. The molecular formula is C30H42N2O7. The van der Waals surface area contributed by atoms with Crippen molar-refractivity contribution in [3.63, 3.8) is 0 Å². The highest BCUT2D eigenvalue weighted by atomic mass is 16.3. The number of aromatic hydroxyl groups is 4. The van der Waals surface area contributed by atoms with Gasteiger partial charge in [0, 0.05) is 36.3 Å². The predicted molar refractivity (Wildman–Crippen MR) is 151 cm³/mol. The number of aliphatic hydroxyl groups is 3. The van der Waals surface area contributed by atoms with Crippen LogP contribution in [-0.2, 0) is 13.0 Å². The van der Waals surface area contributed by atoms with Gasteiger partial charge in [0.2, 0.25) is 0 Å². The van der Waals surface area contributed by atoms with Crippen molar-refractivity contribution in [3.05, 3.63) is 82.9 Å². The first-order valence-electron chi connectivity index (χ1n) is 12.9. The van der Waals surface area contributed by atoms with Gasteiger partial charge in [0.25, 0.3) is 0 Å². The second kappa shape index (κ2) is 14.7. The van der Waals surface area contributed by atoms with E-state index in [1.165, 1.54) is 24.3 Å². The van der Waals surface area contributed by atoms with E-state index >= 15 is 0 Å². The van der Waals surface area contributed by atoms with Gasteiger partial charge in [-0.1, -0.05) is 18.2 Å². The summed E-state index contributed by atoms with van der Waals surface area (Å²) >= 11 is 0. The molecule has 0 spiro atoms. The summed E-state index contributed by atoms with van der Waals surface area (Å²) in [6.07, 6.45) is -0.710. The number of phenolic OH excluding ortho intramolecular Hbond substituents is 3. The van der Waals surface area contributed by atoms with Gasteiger partial charge in [-0.3, -0.25) is 0 Å². The normalized spacial score (nSPS) is 13.7. The quantitative estimate of drug-likeness (QED) is 0.187. The van der Waals surface area contributed by atoms with E-state index in [2.05, 4.69) is 10.6 Å². The molecule has 9 nitrogen and oxygen atoms in total. The number of hydrogen-bond acceptors (Lipinski definition) is 9. The Hall–Kier alpha value is -3.34. The van der Waals surface area contributed by atoms with Crippen LogP contribution in [0.25, 0.3) is 0 Å². The van der Waals surface area contributed by atoms with Gasteiger partial charge in [-0.2, -0.15) is 0 Å². The van der Waals surface area contributed by atoms with Crippen molar-refractivity contribution in [2.75, 3.05) is 13.1 Å². The zero-order chi connectivity index (χ0) is 29.2. The van der Waals surface area contributed by atoms with Crippen LogP contribution in [0.15, 0.2) is 60.7 Å². The second-order valence-corrected chi connectivity index (χ2v) is 10.7. The van der Waals surface area contributed by atoms with Crippen LogP contribution in [0.5, 0.6) is 23.0 Å². The number of rotatable bonds is 10. The van der Waals surface area contributed by atoms with Gasteiger partial charge < -0.3 is 46.4 Å². The molecule has 3 aromatic carbocycles. The summed E-state index contributed by atoms with van der Waals surface area (Å²) in [5.41, 5.74) is 2.60. The summed E-state index contributed by atoms with van der Waals surface area (Å²) in [5.74, 6) is 0.132. The van der Waals surface area contributed by atoms with Crippen molar-refractivity contribution in [2.45, 2.75) is 64.5 Å². The minimum atomic E-state index is -0.819. The highest BCUT2D eigenvalue weighted by molar-refractivity contribution is 5.38. The fourth-order valence-electron chi connectivity index (χ4n) is 3.76. The molecular weight excluding hydrogens is 500 g/mol. The van der Waals surface area contributed by atoms with E-state index < -0.39 is 12.2 Å². The molecule has 3 rings (SSSR count). The Kier molecular flexibility index (Phi) is 12.0. The molecule has 0 aliphatic heterocycles. The summed E-state index contributed by atoms with van der Waals surface area (Å²) in [7, 11) is 0. The standard InChI is InChI=1S/C17H21NO4.C13H21NO3/c1-11(6-12-2-4-14(19)5-3-12)18-10-17(22)13-7-15(20)9-16(21)8-13;1-13(2,3)14-7-12(17)9-4-5-11(16)10(6-9)8-15/h2-5,7-9,11,17-22H,6,10H2,1H3;4-6,12,14-17H,7-8H2,1-3H3. The van der Waals surface area contributed by atoms with E-state index in [4.69, 9.17) is 5.11 Å². The molecule has 0 aliphatic rings. The maximum Gasteiger partial charge on any atom is 0.121 e. The maximum atomic E-state index is 10.1. The Morgan fingerprint density at radius 2 is 1.31 bits per heavy atom. The van der Waals surface area contributed by atoms with Crippen LogP contribution >= 0.6 is 0 Å². The lowest BCUT2D eigenvalue weighted by molar-refractivity contribution is 0.163. The molecule has 0 aromatic heterocycles. The number of nitrogens with one attached hydrogen (secondary N) is 2. The van der Waals surface area contributed by atoms with Crippen LogP contribution in [0.1, 0.15) is 62.2 Å². The first-order valence-corrected chi connectivity index (χ1v) is 12.9. The average molecular weight is 543 g/mol. The van der Waals surface area contributed by atoms with Gasteiger partial charge in [0.15, 0.2) is 0 Å². The number of benzene rings is 3. The Morgan fingerprint density at radius 1 is 0.718 bits per heavy atom. The smallest absolute Gasteiger partial charge is 0.121 e. The van der Waals surface area contributed by atoms with Crippen molar-refractivity contribution in [1.82, 2.24) is 10.6 Å². The van der Waals surface area contributed by atoms with Gasteiger partial charge in [-0.15, -0.1) is 0 Å². The number of aliphatic hydroxyl groups excluding tert-OH is 3. The fourth-order valence-corrected chi connectivity index (χ4v) is 3.76. The van der Waals surface area contributed by atoms with Crippen LogP contribution < -0.4 is 10.6 Å². The summed E-state index contributed by atoms with van der Waals surface area (Å²) in [6.45, 7) is 8.57. The third-order valence-corrected chi connectivity index (χ3v) is 5.93. The maximum absolute atomic E-state index is 10.1. The van der Waals surface area contributed by atoms with E-state index in [0.717, 1.165) is 12.0 Å². The first kappa shape index (κ1) is 31.9. The average Bonchev–Trinajstić information content (AvgIpc) is 2.87. The number of β-amino-alcohol motifs (C(OH)–C–C–N with tert-alkyl or cyclic N) is 1. The molecule has 0 saturated heterocycles. The molecule has 0 heterocycles. The Balaban J connectivity index is 0.000000283. The lowest BCUT2D eigenvalue weighted by Crippen LogP contribution is -2.38. The molecule has 3 atom stereocenters. The first-order chi connectivity index (χ1) is 18.3. The SMILES string of the molecule is CC(C)(C)NCC(O)c1ccc(O)c(CO)c1.CC(Cc1ccc(O)cc1)NCC(O)c1cc(O)cc(O)c1. The number of phenols is 4. The van der Waals surface area contributed by atoms with E-state index in [0.29, 0.717) is 29.8 Å². The van der Waals surface area contributed by atoms with Gasteiger partial charge >= 0.3 is 0 Å². The predicted octanol–water partition coefficient (Wildman–Crippen LogP) is 3.36. The van der Waals surface area contributed by atoms with Crippen molar-refractivity contribution in [1.29, 1.82) is 0 Å². The topological polar surface area (TPSA) is 166 Å². The molecule has 9 heteroatoms. The van der Waals surface area contributed by atoms with Crippen molar-refractivity contribution in [3.8, 4) is 23.0 Å². The molecule has 3 unspecified atom stereocenters. The van der Waals surface area contributed by atoms with E-state index in [1.807, 2.05) is 39.8 Å². The molecule has 214 valence electrons. The summed E-state index contributed by atoms with van der Waals surface area (Å²) in [5, 5.41) is 73.0. The van der Waals surface area contributed by atoms with Gasteiger partial charge in [-0.05, 0) is 87.2 Å². The van der Waals surface area contributed by atoms with Crippen LogP contribution in [-0.4, -0.2) is 60.4 Å². The van der Waals surface area contributed by atoms with E-state index in [9.17, 15) is 30.6 Å². The van der Waals surface area contributed by atoms with Gasteiger partial charge in [0.1, 0.15) is 23.0 Å². The van der Waals surface area contributed by atoms with E-state index in [-0.39, 0.29) is 41.2 Å². The molecule has 0 radical (unpaired) electrons. The molecule has 0 bridgehead atoms. The molecule has 0 fully saturated rings.